The first-order chi connectivity index (χ1) is 8.68. The molecule has 1 aromatic rings. The van der Waals surface area contributed by atoms with E-state index in [-0.39, 0.29) is 0 Å². The molecule has 1 fully saturated rings. The van der Waals surface area contributed by atoms with Crippen molar-refractivity contribution in [1.29, 1.82) is 0 Å². The van der Waals surface area contributed by atoms with Crippen LogP contribution in [-0.4, -0.2) is 17.7 Å². The maximum atomic E-state index is 10.0. The lowest BCUT2D eigenvalue weighted by Crippen LogP contribution is -2.42. The second kappa shape index (κ2) is 6.39. The number of aliphatic hydroxyl groups is 1. The van der Waals surface area contributed by atoms with E-state index >= 15 is 0 Å². The summed E-state index contributed by atoms with van der Waals surface area (Å²) in [6, 6.07) is 4.19. The fourth-order valence-corrected chi connectivity index (χ4v) is 3.06. The van der Waals surface area contributed by atoms with Gasteiger partial charge in [0, 0.05) is 12.6 Å². The van der Waals surface area contributed by atoms with Crippen LogP contribution in [0, 0.1) is 11.8 Å². The van der Waals surface area contributed by atoms with E-state index in [0.717, 1.165) is 5.92 Å². The first-order valence-electron chi connectivity index (χ1n) is 7.13. The predicted octanol–water partition coefficient (Wildman–Crippen LogP) is 3.12. The molecule has 3 nitrogen and oxygen atoms in total. The third kappa shape index (κ3) is 3.36. The summed E-state index contributed by atoms with van der Waals surface area (Å²) in [5, 5.41) is 13.5. The molecule has 1 aliphatic rings. The Morgan fingerprint density at radius 3 is 2.83 bits per heavy atom. The first kappa shape index (κ1) is 13.6. The second-order valence-electron chi connectivity index (χ2n) is 5.74. The molecule has 18 heavy (non-hydrogen) atoms. The Hall–Kier alpha value is -0.800. The molecule has 1 aliphatic carbocycles. The molecule has 3 heteroatoms. The van der Waals surface area contributed by atoms with Crippen LogP contribution in [-0.2, 0) is 0 Å². The molecule has 102 valence electrons. The van der Waals surface area contributed by atoms with Crippen LogP contribution in [0.4, 0.5) is 0 Å². The van der Waals surface area contributed by atoms with Gasteiger partial charge in [-0.15, -0.1) is 0 Å². The van der Waals surface area contributed by atoms with Gasteiger partial charge in [-0.3, -0.25) is 0 Å². The van der Waals surface area contributed by atoms with Gasteiger partial charge >= 0.3 is 0 Å². The molecule has 2 N–H and O–H groups in total. The summed E-state index contributed by atoms with van der Waals surface area (Å²) in [5.74, 6) is 2.10. The molecule has 0 aromatic carbocycles. The summed E-state index contributed by atoms with van der Waals surface area (Å²) in [6.07, 6.45) is 6.27. The monoisotopic (exact) mass is 251 g/mol. The number of hydrogen-bond acceptors (Lipinski definition) is 3. The number of furan rings is 1. The molecule has 0 bridgehead atoms. The van der Waals surface area contributed by atoms with Crippen LogP contribution in [0.15, 0.2) is 22.8 Å². The molecule has 1 saturated carbocycles. The first-order valence-corrected chi connectivity index (χ1v) is 7.13. The lowest BCUT2D eigenvalue weighted by Gasteiger charge is -2.35. The van der Waals surface area contributed by atoms with E-state index in [4.69, 9.17) is 4.42 Å². The SMILES string of the molecule is CC(C)C1CCCCC1NCC(O)c1ccco1. The van der Waals surface area contributed by atoms with E-state index in [1.807, 2.05) is 12.1 Å². The molecule has 0 radical (unpaired) electrons. The molecule has 0 amide bonds. The fraction of sp³-hybridized carbons (Fsp3) is 0.733. The van der Waals surface area contributed by atoms with Gasteiger partial charge in [0.2, 0.25) is 0 Å². The molecule has 1 aromatic heterocycles. The van der Waals surface area contributed by atoms with Crippen molar-refractivity contribution in [1.82, 2.24) is 5.32 Å². The van der Waals surface area contributed by atoms with Crippen molar-refractivity contribution >= 4 is 0 Å². The number of hydrogen-bond donors (Lipinski definition) is 2. The van der Waals surface area contributed by atoms with E-state index in [1.165, 1.54) is 25.7 Å². The van der Waals surface area contributed by atoms with Gasteiger partial charge < -0.3 is 14.8 Å². The predicted molar refractivity (Wildman–Crippen MR) is 72.3 cm³/mol. The summed E-state index contributed by atoms with van der Waals surface area (Å²) in [4.78, 5) is 0. The molecule has 0 saturated heterocycles. The van der Waals surface area contributed by atoms with Crippen molar-refractivity contribution in [3.8, 4) is 0 Å². The van der Waals surface area contributed by atoms with Crippen molar-refractivity contribution in [2.24, 2.45) is 11.8 Å². The van der Waals surface area contributed by atoms with E-state index < -0.39 is 6.10 Å². The average Bonchev–Trinajstić information content (AvgIpc) is 2.90. The summed E-state index contributed by atoms with van der Waals surface area (Å²) < 4.78 is 5.22. The van der Waals surface area contributed by atoms with Gasteiger partial charge in [0.25, 0.3) is 0 Å². The van der Waals surface area contributed by atoms with Crippen LogP contribution in [0.1, 0.15) is 51.4 Å². The highest BCUT2D eigenvalue weighted by atomic mass is 16.4. The third-order valence-corrected chi connectivity index (χ3v) is 4.12. The fourth-order valence-electron chi connectivity index (χ4n) is 3.06. The van der Waals surface area contributed by atoms with Crippen LogP contribution in [0.2, 0.25) is 0 Å². The minimum atomic E-state index is -0.533. The van der Waals surface area contributed by atoms with Gasteiger partial charge in [0.1, 0.15) is 11.9 Å². The Kier molecular flexibility index (Phi) is 4.84. The molecule has 1 heterocycles. The molecule has 3 atom stereocenters. The van der Waals surface area contributed by atoms with Gasteiger partial charge in [0.15, 0.2) is 0 Å². The zero-order chi connectivity index (χ0) is 13.0. The Bertz CT molecular complexity index is 334. The normalized spacial score (nSPS) is 26.4. The van der Waals surface area contributed by atoms with E-state index in [2.05, 4.69) is 19.2 Å². The zero-order valence-corrected chi connectivity index (χ0v) is 11.4. The summed E-state index contributed by atoms with van der Waals surface area (Å²) in [7, 11) is 0. The van der Waals surface area contributed by atoms with Crippen molar-refractivity contribution in [3.05, 3.63) is 24.2 Å². The topological polar surface area (TPSA) is 45.4 Å². The van der Waals surface area contributed by atoms with Crippen LogP contribution in [0.5, 0.6) is 0 Å². The highest BCUT2D eigenvalue weighted by molar-refractivity contribution is 5.02. The summed E-state index contributed by atoms with van der Waals surface area (Å²) in [5.41, 5.74) is 0. The lowest BCUT2D eigenvalue weighted by atomic mass is 9.78. The molecule has 0 aliphatic heterocycles. The van der Waals surface area contributed by atoms with Crippen LogP contribution in [0.25, 0.3) is 0 Å². The van der Waals surface area contributed by atoms with Crippen LogP contribution in [0.3, 0.4) is 0 Å². The average molecular weight is 251 g/mol. The number of aliphatic hydroxyl groups excluding tert-OH is 1. The number of nitrogens with one attached hydrogen (secondary N) is 1. The standard InChI is InChI=1S/C15H25NO2/c1-11(2)12-6-3-4-7-13(12)16-10-14(17)15-8-5-9-18-15/h5,8-9,11-14,16-17H,3-4,6-7,10H2,1-2H3. The highest BCUT2D eigenvalue weighted by Gasteiger charge is 2.27. The van der Waals surface area contributed by atoms with Crippen molar-refractivity contribution < 1.29 is 9.52 Å². The van der Waals surface area contributed by atoms with Crippen LogP contribution < -0.4 is 5.32 Å². The smallest absolute Gasteiger partial charge is 0.133 e. The molecule has 2 rings (SSSR count). The number of rotatable bonds is 5. The summed E-state index contributed by atoms with van der Waals surface area (Å²) in [6.45, 7) is 5.18. The van der Waals surface area contributed by atoms with Gasteiger partial charge in [-0.2, -0.15) is 0 Å². The largest absolute Gasteiger partial charge is 0.467 e. The van der Waals surface area contributed by atoms with Crippen molar-refractivity contribution in [3.63, 3.8) is 0 Å². The van der Waals surface area contributed by atoms with Gasteiger partial charge in [-0.1, -0.05) is 26.7 Å². The van der Waals surface area contributed by atoms with Gasteiger partial charge in [0.05, 0.1) is 6.26 Å². The molecule has 3 unspecified atom stereocenters. The molecule has 0 spiro atoms. The maximum absolute atomic E-state index is 10.0. The quantitative estimate of drug-likeness (QED) is 0.845. The minimum absolute atomic E-state index is 0.533. The van der Waals surface area contributed by atoms with E-state index in [9.17, 15) is 5.11 Å². The third-order valence-electron chi connectivity index (χ3n) is 4.12. The van der Waals surface area contributed by atoms with Crippen LogP contribution >= 0.6 is 0 Å². The lowest BCUT2D eigenvalue weighted by molar-refractivity contribution is 0.125. The molecular weight excluding hydrogens is 226 g/mol. The molecular formula is C15H25NO2. The minimum Gasteiger partial charge on any atom is -0.467 e. The Morgan fingerprint density at radius 2 is 2.17 bits per heavy atom. The van der Waals surface area contributed by atoms with Crippen molar-refractivity contribution in [2.75, 3.05) is 6.54 Å². The summed E-state index contributed by atoms with van der Waals surface area (Å²) >= 11 is 0. The van der Waals surface area contributed by atoms with E-state index in [0.29, 0.717) is 24.3 Å². The van der Waals surface area contributed by atoms with E-state index in [1.54, 1.807) is 6.26 Å². The Morgan fingerprint density at radius 1 is 1.39 bits per heavy atom. The maximum Gasteiger partial charge on any atom is 0.133 e. The Balaban J connectivity index is 1.84. The Labute approximate surface area is 110 Å². The van der Waals surface area contributed by atoms with Crippen molar-refractivity contribution in [2.45, 2.75) is 51.7 Å². The van der Waals surface area contributed by atoms with Gasteiger partial charge in [-0.05, 0) is 36.8 Å². The second-order valence-corrected chi connectivity index (χ2v) is 5.74. The zero-order valence-electron chi connectivity index (χ0n) is 11.4. The van der Waals surface area contributed by atoms with Gasteiger partial charge in [-0.25, -0.2) is 0 Å². The highest BCUT2D eigenvalue weighted by Crippen LogP contribution is 2.30.